The third-order valence-electron chi connectivity index (χ3n) is 4.94. The van der Waals surface area contributed by atoms with Crippen molar-refractivity contribution in [1.29, 1.82) is 5.26 Å². The number of thiophene rings is 1. The molecule has 1 atom stereocenters. The van der Waals surface area contributed by atoms with Gasteiger partial charge >= 0.3 is 0 Å². The maximum atomic E-state index is 10.6. The van der Waals surface area contributed by atoms with Gasteiger partial charge in [0.1, 0.15) is 11.1 Å². The molecule has 1 aromatic carbocycles. The average molecular weight is 438 g/mol. The fourth-order valence-corrected chi connectivity index (χ4v) is 5.04. The first-order chi connectivity index (χ1) is 14.7. The highest BCUT2D eigenvalue weighted by atomic mass is 32.2. The second kappa shape index (κ2) is 10.2. The number of hydrogen-bond acceptors (Lipinski definition) is 7. The monoisotopic (exact) mass is 437 g/mol. The molecule has 0 radical (unpaired) electrons. The Labute approximate surface area is 185 Å². The molecule has 0 bridgehead atoms. The van der Waals surface area contributed by atoms with Gasteiger partial charge in [0.2, 0.25) is 0 Å². The molecule has 3 aromatic rings. The Balaban J connectivity index is 1.61. The van der Waals surface area contributed by atoms with Gasteiger partial charge in [-0.3, -0.25) is 4.90 Å². The predicted octanol–water partition coefficient (Wildman–Crippen LogP) is 4.13. The van der Waals surface area contributed by atoms with Crippen LogP contribution in [0, 0.1) is 11.3 Å². The summed E-state index contributed by atoms with van der Waals surface area (Å²) in [7, 11) is 0. The van der Waals surface area contributed by atoms with E-state index in [-0.39, 0.29) is 0 Å². The smallest absolute Gasteiger partial charge is 0.115 e. The lowest BCUT2D eigenvalue weighted by Crippen LogP contribution is -2.41. The van der Waals surface area contributed by atoms with Gasteiger partial charge in [0.25, 0.3) is 0 Å². The number of nitrogens with zero attached hydrogens (tertiary/aromatic N) is 3. The molecule has 0 spiro atoms. The standard InChI is InChI=1S/C23H23N3O2S2/c24-14-20-19(17-5-2-1-3-6-17)13-21(22-7-4-12-29-22)25-23(20)30-16-18(27)15-26-8-10-28-11-9-26/h1-7,12-13,18,27H,8-11,15-16H2/t18-/m0/s1. The van der Waals surface area contributed by atoms with Crippen LogP contribution in [0.5, 0.6) is 0 Å². The lowest BCUT2D eigenvalue weighted by atomic mass is 10.0. The first kappa shape index (κ1) is 21.0. The molecule has 1 aliphatic rings. The van der Waals surface area contributed by atoms with Crippen LogP contribution in [0.15, 0.2) is 58.9 Å². The van der Waals surface area contributed by atoms with Crippen molar-refractivity contribution in [2.45, 2.75) is 11.1 Å². The molecule has 0 amide bonds. The molecule has 1 N–H and O–H groups in total. The fraction of sp³-hybridized carbons (Fsp3) is 0.304. The van der Waals surface area contributed by atoms with Crippen LogP contribution >= 0.6 is 23.1 Å². The van der Waals surface area contributed by atoms with Gasteiger partial charge in [0, 0.05) is 31.0 Å². The Morgan fingerprint density at radius 3 is 2.70 bits per heavy atom. The van der Waals surface area contributed by atoms with E-state index in [0.29, 0.717) is 36.1 Å². The molecule has 4 rings (SSSR count). The molecule has 7 heteroatoms. The topological polar surface area (TPSA) is 69.4 Å². The molecule has 0 saturated carbocycles. The number of β-amino-alcohol motifs (C(OH)–C–C–N with tert-alkyl or cyclic N) is 1. The first-order valence-corrected chi connectivity index (χ1v) is 11.8. The average Bonchev–Trinajstić information content (AvgIpc) is 3.33. The molecule has 0 unspecified atom stereocenters. The number of rotatable bonds is 7. The Hall–Kier alpha value is -2.21. The lowest BCUT2D eigenvalue weighted by Gasteiger charge is -2.28. The van der Waals surface area contributed by atoms with Crippen molar-refractivity contribution in [2.75, 3.05) is 38.6 Å². The quantitative estimate of drug-likeness (QED) is 0.561. The number of thioether (sulfide) groups is 1. The number of aliphatic hydroxyl groups is 1. The Morgan fingerprint density at radius 2 is 2.00 bits per heavy atom. The van der Waals surface area contributed by atoms with E-state index in [9.17, 15) is 10.4 Å². The Kier molecular flexibility index (Phi) is 7.16. The highest BCUT2D eigenvalue weighted by molar-refractivity contribution is 7.99. The molecular weight excluding hydrogens is 414 g/mol. The molecule has 1 fully saturated rings. The molecule has 0 aliphatic carbocycles. The fourth-order valence-electron chi connectivity index (χ4n) is 3.44. The normalized spacial score (nSPS) is 15.6. The molecular formula is C23H23N3O2S2. The molecule has 1 aliphatic heterocycles. The van der Waals surface area contributed by atoms with Crippen molar-refractivity contribution in [2.24, 2.45) is 0 Å². The van der Waals surface area contributed by atoms with Gasteiger partial charge in [-0.15, -0.1) is 23.1 Å². The van der Waals surface area contributed by atoms with Gasteiger partial charge in [-0.1, -0.05) is 36.4 Å². The van der Waals surface area contributed by atoms with Crippen LogP contribution in [0.1, 0.15) is 5.56 Å². The van der Waals surface area contributed by atoms with E-state index in [1.54, 1.807) is 11.3 Å². The van der Waals surface area contributed by atoms with Crippen molar-refractivity contribution in [3.63, 3.8) is 0 Å². The summed E-state index contributed by atoms with van der Waals surface area (Å²) in [4.78, 5) is 8.07. The summed E-state index contributed by atoms with van der Waals surface area (Å²) < 4.78 is 5.37. The van der Waals surface area contributed by atoms with Crippen LogP contribution in [0.4, 0.5) is 0 Å². The highest BCUT2D eigenvalue weighted by Crippen LogP contribution is 2.35. The van der Waals surface area contributed by atoms with Gasteiger partial charge in [-0.2, -0.15) is 5.26 Å². The summed E-state index contributed by atoms with van der Waals surface area (Å²) in [5, 5.41) is 23.2. The number of morpholine rings is 1. The van der Waals surface area contributed by atoms with Gasteiger partial charge in [0.05, 0.1) is 35.5 Å². The highest BCUT2D eigenvalue weighted by Gasteiger charge is 2.19. The summed E-state index contributed by atoms with van der Waals surface area (Å²) in [6.07, 6.45) is -0.494. The largest absolute Gasteiger partial charge is 0.391 e. The molecule has 1 saturated heterocycles. The minimum Gasteiger partial charge on any atom is -0.391 e. The van der Waals surface area contributed by atoms with Crippen molar-refractivity contribution < 1.29 is 9.84 Å². The number of benzene rings is 1. The predicted molar refractivity (Wildman–Crippen MR) is 122 cm³/mol. The number of aromatic nitrogens is 1. The molecule has 5 nitrogen and oxygen atoms in total. The van der Waals surface area contributed by atoms with Gasteiger partial charge in [-0.25, -0.2) is 4.98 Å². The summed E-state index contributed by atoms with van der Waals surface area (Å²) in [5.41, 5.74) is 3.28. The zero-order valence-electron chi connectivity index (χ0n) is 16.5. The minimum absolute atomic E-state index is 0.487. The van der Waals surface area contributed by atoms with Crippen LogP contribution in [0.2, 0.25) is 0 Å². The van der Waals surface area contributed by atoms with Gasteiger partial charge in [-0.05, 0) is 23.1 Å². The van der Waals surface area contributed by atoms with Gasteiger partial charge < -0.3 is 9.84 Å². The van der Waals surface area contributed by atoms with Crippen molar-refractivity contribution in [3.05, 3.63) is 59.5 Å². The van der Waals surface area contributed by atoms with E-state index in [0.717, 1.165) is 34.8 Å². The number of ether oxygens (including phenoxy) is 1. The maximum Gasteiger partial charge on any atom is 0.115 e. The molecule has 2 aromatic heterocycles. The number of aliphatic hydroxyl groups excluding tert-OH is 1. The number of hydrogen-bond donors (Lipinski definition) is 1. The Bertz CT molecular complexity index is 997. The number of pyridine rings is 1. The van der Waals surface area contributed by atoms with E-state index in [1.807, 2.05) is 53.9 Å². The summed E-state index contributed by atoms with van der Waals surface area (Å²) in [6.45, 7) is 3.71. The van der Waals surface area contributed by atoms with E-state index in [2.05, 4.69) is 11.0 Å². The van der Waals surface area contributed by atoms with E-state index < -0.39 is 6.10 Å². The maximum absolute atomic E-state index is 10.6. The molecule has 30 heavy (non-hydrogen) atoms. The van der Waals surface area contributed by atoms with E-state index in [1.165, 1.54) is 11.8 Å². The van der Waals surface area contributed by atoms with Crippen LogP contribution in [-0.4, -0.2) is 59.7 Å². The SMILES string of the molecule is N#Cc1c(-c2ccccc2)cc(-c2cccs2)nc1SC[C@@H](O)CN1CCOCC1. The van der Waals surface area contributed by atoms with E-state index >= 15 is 0 Å². The summed E-state index contributed by atoms with van der Waals surface area (Å²) in [5.74, 6) is 0.487. The van der Waals surface area contributed by atoms with Crippen molar-refractivity contribution >= 4 is 23.1 Å². The molecule has 3 heterocycles. The zero-order chi connectivity index (χ0) is 20.8. The second-order valence-electron chi connectivity index (χ2n) is 7.07. The minimum atomic E-state index is -0.494. The molecule has 154 valence electrons. The third kappa shape index (κ3) is 5.09. The second-order valence-corrected chi connectivity index (χ2v) is 9.02. The van der Waals surface area contributed by atoms with Crippen LogP contribution in [0.3, 0.4) is 0 Å². The third-order valence-corrected chi connectivity index (χ3v) is 6.95. The zero-order valence-corrected chi connectivity index (χ0v) is 18.2. The number of nitriles is 1. The van der Waals surface area contributed by atoms with Crippen molar-refractivity contribution in [3.8, 4) is 27.8 Å². The van der Waals surface area contributed by atoms with Crippen LogP contribution in [-0.2, 0) is 4.74 Å². The summed E-state index contributed by atoms with van der Waals surface area (Å²) >= 11 is 3.08. The van der Waals surface area contributed by atoms with E-state index in [4.69, 9.17) is 9.72 Å². The van der Waals surface area contributed by atoms with Crippen LogP contribution in [0.25, 0.3) is 21.7 Å². The van der Waals surface area contributed by atoms with Crippen LogP contribution < -0.4 is 0 Å². The lowest BCUT2D eigenvalue weighted by molar-refractivity contribution is 0.0188. The Morgan fingerprint density at radius 1 is 1.20 bits per heavy atom. The summed E-state index contributed by atoms with van der Waals surface area (Å²) in [6, 6.07) is 18.3. The van der Waals surface area contributed by atoms with Crippen molar-refractivity contribution in [1.82, 2.24) is 9.88 Å². The van der Waals surface area contributed by atoms with Gasteiger partial charge in [0.15, 0.2) is 0 Å². The first-order valence-electron chi connectivity index (χ1n) is 9.90.